The first kappa shape index (κ1) is 14.1. The van der Waals surface area contributed by atoms with Crippen molar-refractivity contribution in [1.82, 2.24) is 4.90 Å². The van der Waals surface area contributed by atoms with E-state index in [-0.39, 0.29) is 11.1 Å². The summed E-state index contributed by atoms with van der Waals surface area (Å²) in [6.07, 6.45) is 1.78. The molecule has 0 unspecified atom stereocenters. The third-order valence-electron chi connectivity index (χ3n) is 3.15. The van der Waals surface area contributed by atoms with Gasteiger partial charge in [-0.05, 0) is 41.8 Å². The molecule has 2 amide bonds. The molecule has 2 aromatic rings. The van der Waals surface area contributed by atoms with E-state index in [1.807, 2.05) is 48.7 Å². The summed E-state index contributed by atoms with van der Waals surface area (Å²) in [6.45, 7) is 2.33. The summed E-state index contributed by atoms with van der Waals surface area (Å²) < 4.78 is 0. The first-order valence-electron chi connectivity index (χ1n) is 6.48. The summed E-state index contributed by atoms with van der Waals surface area (Å²) in [5.41, 5.74) is 2.12. The van der Waals surface area contributed by atoms with Crippen LogP contribution in [-0.4, -0.2) is 16.0 Å². The van der Waals surface area contributed by atoms with Crippen molar-refractivity contribution in [3.63, 3.8) is 0 Å². The average molecular weight is 315 g/mol. The highest BCUT2D eigenvalue weighted by atomic mass is 32.2. The van der Waals surface area contributed by atoms with Crippen LogP contribution in [0.3, 0.4) is 0 Å². The lowest BCUT2D eigenvalue weighted by atomic mass is 10.1. The number of hydrogen-bond donors (Lipinski definition) is 0. The zero-order valence-corrected chi connectivity index (χ0v) is 13.0. The van der Waals surface area contributed by atoms with Crippen LogP contribution in [0.2, 0.25) is 0 Å². The van der Waals surface area contributed by atoms with Gasteiger partial charge in [0.25, 0.3) is 11.1 Å². The van der Waals surface area contributed by atoms with E-state index in [0.717, 1.165) is 27.8 Å². The average Bonchev–Trinajstić information content (AvgIpc) is 3.06. The third-order valence-corrected chi connectivity index (χ3v) is 4.88. The molecular formula is C16H13NO2S2. The second kappa shape index (κ2) is 5.87. The number of hydrogen-bond acceptors (Lipinski definition) is 4. The highest BCUT2D eigenvalue weighted by Gasteiger charge is 2.34. The van der Waals surface area contributed by atoms with Gasteiger partial charge in [-0.3, -0.25) is 14.5 Å². The predicted molar refractivity (Wildman–Crippen MR) is 87.0 cm³/mol. The number of thiophene rings is 1. The van der Waals surface area contributed by atoms with Gasteiger partial charge in [0.1, 0.15) is 0 Å². The minimum absolute atomic E-state index is 0.205. The molecule has 0 aliphatic carbocycles. The minimum Gasteiger partial charge on any atom is -0.268 e. The number of aryl methyl sites for hydroxylation is 1. The number of amides is 2. The number of nitrogens with zero attached hydrogens (tertiary/aromatic N) is 1. The Morgan fingerprint density at radius 2 is 1.90 bits per heavy atom. The maximum Gasteiger partial charge on any atom is 0.293 e. The molecule has 0 radical (unpaired) electrons. The van der Waals surface area contributed by atoms with E-state index in [4.69, 9.17) is 0 Å². The zero-order valence-electron chi connectivity index (χ0n) is 11.4. The van der Waals surface area contributed by atoms with Gasteiger partial charge in [0.15, 0.2) is 0 Å². The number of imide groups is 1. The number of rotatable bonds is 3. The lowest BCUT2D eigenvalue weighted by Crippen LogP contribution is -2.27. The highest BCUT2D eigenvalue weighted by Crippen LogP contribution is 2.33. The second-order valence-electron chi connectivity index (χ2n) is 4.77. The van der Waals surface area contributed by atoms with Crippen LogP contribution in [0.15, 0.2) is 46.7 Å². The van der Waals surface area contributed by atoms with Crippen molar-refractivity contribution < 1.29 is 9.59 Å². The highest BCUT2D eigenvalue weighted by molar-refractivity contribution is 8.18. The predicted octanol–water partition coefficient (Wildman–Crippen LogP) is 4.29. The Balaban J connectivity index is 1.79. The van der Waals surface area contributed by atoms with E-state index >= 15 is 0 Å². The van der Waals surface area contributed by atoms with Crippen molar-refractivity contribution >= 4 is 40.3 Å². The summed E-state index contributed by atoms with van der Waals surface area (Å²) in [5.74, 6) is -0.209. The van der Waals surface area contributed by atoms with Crippen LogP contribution in [0.25, 0.3) is 6.08 Å². The van der Waals surface area contributed by atoms with Crippen LogP contribution < -0.4 is 0 Å². The van der Waals surface area contributed by atoms with Gasteiger partial charge in [-0.25, -0.2) is 0 Å². The van der Waals surface area contributed by atoms with Gasteiger partial charge in [0, 0.05) is 4.88 Å². The third kappa shape index (κ3) is 3.09. The van der Waals surface area contributed by atoms with E-state index in [9.17, 15) is 9.59 Å². The van der Waals surface area contributed by atoms with E-state index in [2.05, 4.69) is 0 Å². The molecule has 2 heterocycles. The first-order valence-corrected chi connectivity index (χ1v) is 8.17. The quantitative estimate of drug-likeness (QED) is 0.793. The van der Waals surface area contributed by atoms with Gasteiger partial charge >= 0.3 is 0 Å². The Hall–Kier alpha value is -1.85. The first-order chi connectivity index (χ1) is 10.1. The molecule has 21 heavy (non-hydrogen) atoms. The van der Waals surface area contributed by atoms with Crippen molar-refractivity contribution in [3.05, 3.63) is 62.7 Å². The SMILES string of the molecule is Cc1ccc(CN2C(=O)SC(=Cc3cccs3)C2=O)cc1. The zero-order chi connectivity index (χ0) is 14.8. The molecule has 3 rings (SSSR count). The maximum atomic E-state index is 12.3. The molecule has 0 spiro atoms. The molecule has 1 aliphatic rings. The number of benzene rings is 1. The lowest BCUT2D eigenvalue weighted by molar-refractivity contribution is -0.123. The van der Waals surface area contributed by atoms with Crippen molar-refractivity contribution in [2.75, 3.05) is 0 Å². The molecular weight excluding hydrogens is 302 g/mol. The molecule has 1 aliphatic heterocycles. The van der Waals surface area contributed by atoms with E-state index < -0.39 is 0 Å². The molecule has 1 fully saturated rings. The second-order valence-corrected chi connectivity index (χ2v) is 6.74. The van der Waals surface area contributed by atoms with Gasteiger partial charge in [0.2, 0.25) is 0 Å². The summed E-state index contributed by atoms with van der Waals surface area (Å²) in [7, 11) is 0. The van der Waals surface area contributed by atoms with Crippen LogP contribution in [0, 0.1) is 6.92 Å². The van der Waals surface area contributed by atoms with Gasteiger partial charge in [-0.1, -0.05) is 35.9 Å². The number of carbonyl (C=O) groups excluding carboxylic acids is 2. The number of thioether (sulfide) groups is 1. The van der Waals surface area contributed by atoms with Crippen molar-refractivity contribution in [2.45, 2.75) is 13.5 Å². The Bertz CT molecular complexity index is 702. The molecule has 0 bridgehead atoms. The van der Waals surface area contributed by atoms with Gasteiger partial charge < -0.3 is 0 Å². The Kier molecular flexibility index (Phi) is 3.94. The fourth-order valence-electron chi connectivity index (χ4n) is 2.01. The molecule has 5 heteroatoms. The molecule has 1 saturated heterocycles. The normalized spacial score (nSPS) is 17.0. The molecule has 1 aromatic heterocycles. The molecule has 0 atom stereocenters. The lowest BCUT2D eigenvalue weighted by Gasteiger charge is -2.12. The van der Waals surface area contributed by atoms with Crippen LogP contribution >= 0.6 is 23.1 Å². The summed E-state index contributed by atoms with van der Waals surface area (Å²) >= 11 is 2.56. The van der Waals surface area contributed by atoms with Crippen molar-refractivity contribution in [1.29, 1.82) is 0 Å². The molecule has 106 valence electrons. The van der Waals surface area contributed by atoms with Gasteiger partial charge in [-0.2, -0.15) is 0 Å². The molecule has 0 saturated carbocycles. The molecule has 0 N–H and O–H groups in total. The van der Waals surface area contributed by atoms with Crippen LogP contribution in [0.1, 0.15) is 16.0 Å². The van der Waals surface area contributed by atoms with Crippen LogP contribution in [0.5, 0.6) is 0 Å². The van der Waals surface area contributed by atoms with Gasteiger partial charge in [-0.15, -0.1) is 11.3 Å². The van der Waals surface area contributed by atoms with Gasteiger partial charge in [0.05, 0.1) is 11.4 Å². The summed E-state index contributed by atoms with van der Waals surface area (Å²) in [6, 6.07) is 11.7. The van der Waals surface area contributed by atoms with Crippen molar-refractivity contribution in [3.8, 4) is 0 Å². The fourth-order valence-corrected chi connectivity index (χ4v) is 3.58. The summed E-state index contributed by atoms with van der Waals surface area (Å²) in [5, 5.41) is 1.74. The fraction of sp³-hybridized carbons (Fsp3) is 0.125. The minimum atomic E-state index is -0.209. The van der Waals surface area contributed by atoms with E-state index in [0.29, 0.717) is 11.4 Å². The smallest absolute Gasteiger partial charge is 0.268 e. The van der Waals surface area contributed by atoms with E-state index in [1.165, 1.54) is 4.90 Å². The van der Waals surface area contributed by atoms with Crippen LogP contribution in [-0.2, 0) is 11.3 Å². The van der Waals surface area contributed by atoms with E-state index in [1.54, 1.807) is 17.4 Å². The van der Waals surface area contributed by atoms with Crippen molar-refractivity contribution in [2.24, 2.45) is 0 Å². The Morgan fingerprint density at radius 3 is 2.57 bits per heavy atom. The topological polar surface area (TPSA) is 37.4 Å². The Morgan fingerprint density at radius 1 is 1.14 bits per heavy atom. The standard InChI is InChI=1S/C16H13NO2S2/c1-11-4-6-12(7-5-11)10-17-15(18)14(21-16(17)19)9-13-3-2-8-20-13/h2-9H,10H2,1H3. The molecule has 1 aromatic carbocycles. The maximum absolute atomic E-state index is 12.3. The largest absolute Gasteiger partial charge is 0.293 e. The Labute approximate surface area is 131 Å². The number of carbonyl (C=O) groups is 2. The monoisotopic (exact) mass is 315 g/mol. The molecule has 3 nitrogen and oxygen atoms in total. The van der Waals surface area contributed by atoms with Crippen LogP contribution in [0.4, 0.5) is 4.79 Å². The summed E-state index contributed by atoms with van der Waals surface area (Å²) in [4.78, 5) is 27.1.